The highest BCUT2D eigenvalue weighted by atomic mass is 32.2. The van der Waals surface area contributed by atoms with Crippen LogP contribution in [0.2, 0.25) is 0 Å². The van der Waals surface area contributed by atoms with Gasteiger partial charge in [-0.3, -0.25) is 0 Å². The first kappa shape index (κ1) is 14.3. The molecule has 18 heavy (non-hydrogen) atoms. The zero-order valence-electron chi connectivity index (χ0n) is 8.84. The Balaban J connectivity index is 3.31. The number of carbonyl (C=O) groups excluding carboxylic acids is 1. The lowest BCUT2D eigenvalue weighted by Gasteiger charge is -2.09. The molecule has 0 unspecified atom stereocenters. The van der Waals surface area contributed by atoms with E-state index in [2.05, 4.69) is 4.74 Å². The Bertz CT molecular complexity index is 522. The van der Waals surface area contributed by atoms with Gasteiger partial charge in [0.15, 0.2) is 5.82 Å². The van der Waals surface area contributed by atoms with E-state index in [4.69, 9.17) is 5.26 Å². The van der Waals surface area contributed by atoms with Crippen molar-refractivity contribution in [3.05, 3.63) is 29.1 Å². The van der Waals surface area contributed by atoms with E-state index in [9.17, 15) is 22.4 Å². The summed E-state index contributed by atoms with van der Waals surface area (Å²) in [4.78, 5) is 10.5. The van der Waals surface area contributed by atoms with Gasteiger partial charge in [-0.2, -0.15) is 18.4 Å². The Morgan fingerprint density at radius 3 is 2.50 bits per heavy atom. The van der Waals surface area contributed by atoms with Crippen molar-refractivity contribution < 1.29 is 27.1 Å². The van der Waals surface area contributed by atoms with Crippen LogP contribution in [0.4, 0.5) is 17.6 Å². The molecule has 0 fully saturated rings. The number of rotatable bonds is 2. The van der Waals surface area contributed by atoms with Crippen molar-refractivity contribution in [3.8, 4) is 6.07 Å². The molecule has 0 spiro atoms. The van der Waals surface area contributed by atoms with Gasteiger partial charge in [-0.25, -0.2) is 9.18 Å². The van der Waals surface area contributed by atoms with Crippen LogP contribution in [0.15, 0.2) is 17.0 Å². The van der Waals surface area contributed by atoms with Crippen LogP contribution in [0.1, 0.15) is 15.9 Å². The summed E-state index contributed by atoms with van der Waals surface area (Å²) < 4.78 is 54.3. The highest BCUT2D eigenvalue weighted by Crippen LogP contribution is 2.39. The summed E-state index contributed by atoms with van der Waals surface area (Å²) in [7, 11) is 0.992. The van der Waals surface area contributed by atoms with E-state index in [-0.39, 0.29) is 0 Å². The van der Waals surface area contributed by atoms with Crippen LogP contribution >= 0.6 is 11.8 Å². The fraction of sp³-hybridized carbons (Fsp3) is 0.200. The van der Waals surface area contributed by atoms with E-state index >= 15 is 0 Å². The standard InChI is InChI=1S/C10H5F4NO2S/c1-17-9(16)5-2-3-7(18-10(12,13)14)6(4-15)8(5)11/h2-3H,1H3. The number of nitrogens with zero attached hydrogens (tertiary/aromatic N) is 1. The first-order valence-electron chi connectivity index (χ1n) is 4.36. The molecular formula is C10H5F4NO2S. The molecule has 0 aliphatic heterocycles. The summed E-state index contributed by atoms with van der Waals surface area (Å²) in [6.45, 7) is 0. The van der Waals surface area contributed by atoms with E-state index in [0.717, 1.165) is 19.2 Å². The first-order valence-corrected chi connectivity index (χ1v) is 5.18. The minimum Gasteiger partial charge on any atom is -0.465 e. The van der Waals surface area contributed by atoms with Crippen molar-refractivity contribution in [2.24, 2.45) is 0 Å². The number of halogens is 4. The Kier molecular flexibility index (Phi) is 4.19. The number of hydrogen-bond acceptors (Lipinski definition) is 4. The van der Waals surface area contributed by atoms with E-state index in [1.165, 1.54) is 6.07 Å². The van der Waals surface area contributed by atoms with Crippen molar-refractivity contribution in [1.82, 2.24) is 0 Å². The number of thioether (sulfide) groups is 1. The van der Waals surface area contributed by atoms with Gasteiger partial charge in [0.2, 0.25) is 0 Å². The molecule has 1 aromatic rings. The molecule has 8 heteroatoms. The van der Waals surface area contributed by atoms with Crippen LogP contribution in [0.5, 0.6) is 0 Å². The van der Waals surface area contributed by atoms with Gasteiger partial charge in [0, 0.05) is 4.90 Å². The number of esters is 1. The second-order valence-corrected chi connectivity index (χ2v) is 4.06. The van der Waals surface area contributed by atoms with Crippen molar-refractivity contribution in [2.45, 2.75) is 10.4 Å². The van der Waals surface area contributed by atoms with Gasteiger partial charge in [-0.05, 0) is 23.9 Å². The normalized spacial score (nSPS) is 10.9. The number of methoxy groups -OCH3 is 1. The van der Waals surface area contributed by atoms with E-state index in [1.807, 2.05) is 0 Å². The Hall–Kier alpha value is -1.75. The number of ether oxygens (including phenoxy) is 1. The molecule has 0 amide bonds. The largest absolute Gasteiger partial charge is 0.465 e. The van der Waals surface area contributed by atoms with Crippen molar-refractivity contribution in [3.63, 3.8) is 0 Å². The van der Waals surface area contributed by atoms with Gasteiger partial charge >= 0.3 is 11.5 Å². The molecule has 0 saturated heterocycles. The molecule has 0 saturated carbocycles. The molecular weight excluding hydrogens is 274 g/mol. The number of alkyl halides is 3. The quantitative estimate of drug-likeness (QED) is 0.474. The summed E-state index contributed by atoms with van der Waals surface area (Å²) >= 11 is -0.620. The predicted molar refractivity (Wildman–Crippen MR) is 54.4 cm³/mol. The van der Waals surface area contributed by atoms with E-state index in [1.54, 1.807) is 0 Å². The molecule has 3 nitrogen and oxygen atoms in total. The third-order valence-corrected chi connectivity index (χ3v) is 2.64. The average molecular weight is 279 g/mol. The Morgan fingerprint density at radius 1 is 1.44 bits per heavy atom. The number of hydrogen-bond donors (Lipinski definition) is 0. The predicted octanol–water partition coefficient (Wildman–Crippen LogP) is 3.10. The van der Waals surface area contributed by atoms with Crippen molar-refractivity contribution >= 4 is 17.7 Å². The van der Waals surface area contributed by atoms with Gasteiger partial charge in [-0.15, -0.1) is 0 Å². The van der Waals surface area contributed by atoms with Crippen LogP contribution in [0.3, 0.4) is 0 Å². The Morgan fingerprint density at radius 2 is 2.06 bits per heavy atom. The maximum atomic E-state index is 13.6. The molecule has 1 aromatic carbocycles. The van der Waals surface area contributed by atoms with E-state index in [0.29, 0.717) is 0 Å². The molecule has 0 aliphatic rings. The fourth-order valence-electron chi connectivity index (χ4n) is 1.14. The lowest BCUT2D eigenvalue weighted by molar-refractivity contribution is -0.0328. The van der Waals surface area contributed by atoms with Gasteiger partial charge in [0.25, 0.3) is 0 Å². The molecule has 0 aromatic heterocycles. The maximum Gasteiger partial charge on any atom is 0.446 e. The van der Waals surface area contributed by atoms with E-state index < -0.39 is 45.1 Å². The minimum atomic E-state index is -4.65. The van der Waals surface area contributed by atoms with Gasteiger partial charge in [0.1, 0.15) is 11.6 Å². The molecule has 96 valence electrons. The van der Waals surface area contributed by atoms with Gasteiger partial charge in [0.05, 0.1) is 12.7 Å². The molecule has 0 heterocycles. The van der Waals surface area contributed by atoms with Crippen LogP contribution in [-0.4, -0.2) is 18.6 Å². The van der Waals surface area contributed by atoms with Crippen molar-refractivity contribution in [1.29, 1.82) is 5.26 Å². The van der Waals surface area contributed by atoms with Gasteiger partial charge in [-0.1, -0.05) is 0 Å². The highest BCUT2D eigenvalue weighted by Gasteiger charge is 2.32. The zero-order valence-corrected chi connectivity index (χ0v) is 9.66. The average Bonchev–Trinajstić information content (AvgIpc) is 2.26. The van der Waals surface area contributed by atoms with Crippen molar-refractivity contribution in [2.75, 3.05) is 7.11 Å². The fourth-order valence-corrected chi connectivity index (χ4v) is 1.76. The van der Waals surface area contributed by atoms with Crippen LogP contribution in [0, 0.1) is 17.1 Å². The molecule has 1 rings (SSSR count). The lowest BCUT2D eigenvalue weighted by Crippen LogP contribution is -2.08. The molecule has 0 bridgehead atoms. The summed E-state index contributed by atoms with van der Waals surface area (Å²) in [6.07, 6.45) is 0. The minimum absolute atomic E-state index is 0.583. The van der Waals surface area contributed by atoms with Crippen LogP contribution in [-0.2, 0) is 4.74 Å². The number of nitriles is 1. The second-order valence-electron chi connectivity index (χ2n) is 2.95. The summed E-state index contributed by atoms with van der Waals surface area (Å²) in [5.74, 6) is -2.38. The maximum absolute atomic E-state index is 13.6. The third-order valence-electron chi connectivity index (χ3n) is 1.85. The molecule has 0 aliphatic carbocycles. The smallest absolute Gasteiger partial charge is 0.446 e. The number of carbonyl (C=O) groups is 1. The molecule has 0 radical (unpaired) electrons. The molecule has 0 atom stereocenters. The summed E-state index contributed by atoms with van der Waals surface area (Å²) in [6, 6.07) is 3.00. The number of benzene rings is 1. The lowest BCUT2D eigenvalue weighted by atomic mass is 10.1. The second kappa shape index (κ2) is 5.27. The SMILES string of the molecule is COC(=O)c1ccc(SC(F)(F)F)c(C#N)c1F. The van der Waals surface area contributed by atoms with Crippen LogP contribution in [0.25, 0.3) is 0 Å². The highest BCUT2D eigenvalue weighted by molar-refractivity contribution is 8.00. The monoisotopic (exact) mass is 279 g/mol. The topological polar surface area (TPSA) is 50.1 Å². The Labute approximate surface area is 103 Å². The van der Waals surface area contributed by atoms with Crippen LogP contribution < -0.4 is 0 Å². The summed E-state index contributed by atoms with van der Waals surface area (Å²) in [5, 5.41) is 8.65. The molecule has 0 N–H and O–H groups in total. The third kappa shape index (κ3) is 3.13. The zero-order chi connectivity index (χ0) is 13.9. The van der Waals surface area contributed by atoms with Gasteiger partial charge < -0.3 is 4.74 Å². The first-order chi connectivity index (χ1) is 8.30. The summed E-state index contributed by atoms with van der Waals surface area (Å²) in [5.41, 5.74) is -6.06.